The minimum atomic E-state index is 0.297. The van der Waals surface area contributed by atoms with Crippen LogP contribution in [0.4, 0.5) is 0 Å². The van der Waals surface area contributed by atoms with Gasteiger partial charge in [-0.25, -0.2) is 0 Å². The van der Waals surface area contributed by atoms with Crippen LogP contribution in [-0.4, -0.2) is 13.3 Å². The summed E-state index contributed by atoms with van der Waals surface area (Å²) in [7, 11) is 0. The van der Waals surface area contributed by atoms with E-state index in [9.17, 15) is 0 Å². The second-order valence-corrected chi connectivity index (χ2v) is 5.24. The average molecular weight is 269 g/mol. The minimum absolute atomic E-state index is 0.297. The second-order valence-electron chi connectivity index (χ2n) is 5.24. The molecule has 1 atom stereocenters. The number of hydrogen-bond acceptors (Lipinski definition) is 3. The Kier molecular flexibility index (Phi) is 3.61. The molecular formula is C17H19NO2. The molecule has 3 heteroatoms. The van der Waals surface area contributed by atoms with Gasteiger partial charge in [0.25, 0.3) is 0 Å². The molecule has 1 unspecified atom stereocenters. The Labute approximate surface area is 119 Å². The maximum Gasteiger partial charge on any atom is 0.231 e. The third-order valence-electron chi connectivity index (χ3n) is 3.72. The molecule has 0 saturated heterocycles. The maximum atomic E-state index is 5.96. The molecule has 0 saturated carbocycles. The SMILES string of the molecule is Cc1cccc(CC(CN)c2ccc3c(c2)OCO3)c1. The molecule has 0 fully saturated rings. The lowest BCUT2D eigenvalue weighted by molar-refractivity contribution is 0.174. The number of nitrogens with two attached hydrogens (primary N) is 1. The Morgan fingerprint density at radius 2 is 1.95 bits per heavy atom. The van der Waals surface area contributed by atoms with Gasteiger partial charge in [0.1, 0.15) is 0 Å². The minimum Gasteiger partial charge on any atom is -0.454 e. The summed E-state index contributed by atoms with van der Waals surface area (Å²) in [5, 5.41) is 0. The molecule has 3 rings (SSSR count). The van der Waals surface area contributed by atoms with Crippen molar-refractivity contribution in [3.8, 4) is 11.5 Å². The third-order valence-corrected chi connectivity index (χ3v) is 3.72. The summed E-state index contributed by atoms with van der Waals surface area (Å²) in [6, 6.07) is 14.7. The summed E-state index contributed by atoms with van der Waals surface area (Å²) in [5.41, 5.74) is 9.77. The van der Waals surface area contributed by atoms with E-state index in [1.54, 1.807) is 0 Å². The van der Waals surface area contributed by atoms with Crippen LogP contribution in [-0.2, 0) is 6.42 Å². The maximum absolute atomic E-state index is 5.96. The van der Waals surface area contributed by atoms with E-state index in [2.05, 4.69) is 43.3 Å². The molecule has 3 nitrogen and oxygen atoms in total. The van der Waals surface area contributed by atoms with Gasteiger partial charge in [-0.15, -0.1) is 0 Å². The predicted octanol–water partition coefficient (Wildman–Crippen LogP) is 3.01. The van der Waals surface area contributed by atoms with Crippen LogP contribution >= 0.6 is 0 Å². The molecule has 104 valence electrons. The molecule has 2 N–H and O–H groups in total. The lowest BCUT2D eigenvalue weighted by Crippen LogP contribution is -2.15. The van der Waals surface area contributed by atoms with Crippen LogP contribution in [0, 0.1) is 6.92 Å². The van der Waals surface area contributed by atoms with Crippen molar-refractivity contribution in [2.24, 2.45) is 5.73 Å². The van der Waals surface area contributed by atoms with E-state index in [4.69, 9.17) is 15.2 Å². The van der Waals surface area contributed by atoms with Crippen LogP contribution in [0.1, 0.15) is 22.6 Å². The van der Waals surface area contributed by atoms with Crippen molar-refractivity contribution < 1.29 is 9.47 Å². The second kappa shape index (κ2) is 5.55. The van der Waals surface area contributed by atoms with Gasteiger partial charge < -0.3 is 15.2 Å². The van der Waals surface area contributed by atoms with Gasteiger partial charge in [-0.05, 0) is 43.1 Å². The van der Waals surface area contributed by atoms with Crippen molar-refractivity contribution in [3.05, 3.63) is 59.2 Å². The molecule has 2 aromatic rings. The van der Waals surface area contributed by atoms with E-state index >= 15 is 0 Å². The van der Waals surface area contributed by atoms with Crippen LogP contribution in [0.5, 0.6) is 11.5 Å². The van der Waals surface area contributed by atoms with Gasteiger partial charge in [0.05, 0.1) is 0 Å². The fourth-order valence-corrected chi connectivity index (χ4v) is 2.63. The first kappa shape index (κ1) is 13.0. The summed E-state index contributed by atoms with van der Waals surface area (Å²) >= 11 is 0. The number of hydrogen-bond donors (Lipinski definition) is 1. The van der Waals surface area contributed by atoms with Gasteiger partial charge in [0.15, 0.2) is 11.5 Å². The Morgan fingerprint density at radius 3 is 2.75 bits per heavy atom. The van der Waals surface area contributed by atoms with E-state index in [0.717, 1.165) is 17.9 Å². The molecule has 1 aliphatic heterocycles. The predicted molar refractivity (Wildman–Crippen MR) is 79.2 cm³/mol. The Bertz CT molecular complexity index is 610. The smallest absolute Gasteiger partial charge is 0.231 e. The molecular weight excluding hydrogens is 250 g/mol. The van der Waals surface area contributed by atoms with Crippen LogP contribution in [0.15, 0.2) is 42.5 Å². The van der Waals surface area contributed by atoms with Gasteiger partial charge in [0.2, 0.25) is 6.79 Å². The van der Waals surface area contributed by atoms with E-state index in [1.165, 1.54) is 16.7 Å². The van der Waals surface area contributed by atoms with Crippen LogP contribution in [0.3, 0.4) is 0 Å². The first-order chi connectivity index (χ1) is 9.76. The van der Waals surface area contributed by atoms with Crippen molar-refractivity contribution in [1.29, 1.82) is 0 Å². The Morgan fingerprint density at radius 1 is 1.10 bits per heavy atom. The van der Waals surface area contributed by atoms with Crippen LogP contribution in [0.2, 0.25) is 0 Å². The number of aryl methyl sites for hydroxylation is 1. The van der Waals surface area contributed by atoms with Crippen LogP contribution < -0.4 is 15.2 Å². The van der Waals surface area contributed by atoms with Crippen molar-refractivity contribution in [1.82, 2.24) is 0 Å². The zero-order valence-electron chi connectivity index (χ0n) is 11.6. The molecule has 0 spiro atoms. The number of fused-ring (bicyclic) bond motifs is 1. The fraction of sp³-hybridized carbons (Fsp3) is 0.294. The van der Waals surface area contributed by atoms with Gasteiger partial charge >= 0.3 is 0 Å². The highest BCUT2D eigenvalue weighted by atomic mass is 16.7. The lowest BCUT2D eigenvalue weighted by Gasteiger charge is -2.16. The fourth-order valence-electron chi connectivity index (χ4n) is 2.63. The highest BCUT2D eigenvalue weighted by Gasteiger charge is 2.17. The van der Waals surface area contributed by atoms with Crippen molar-refractivity contribution >= 4 is 0 Å². The summed E-state index contributed by atoms with van der Waals surface area (Å²) in [6.45, 7) is 3.04. The van der Waals surface area contributed by atoms with E-state index < -0.39 is 0 Å². The average Bonchev–Trinajstić information content (AvgIpc) is 2.92. The Hall–Kier alpha value is -2.00. The quantitative estimate of drug-likeness (QED) is 0.928. The summed E-state index contributed by atoms with van der Waals surface area (Å²) in [6.07, 6.45) is 0.942. The summed E-state index contributed by atoms with van der Waals surface area (Å²) < 4.78 is 10.8. The van der Waals surface area contributed by atoms with Gasteiger partial charge in [-0.2, -0.15) is 0 Å². The van der Waals surface area contributed by atoms with Crippen molar-refractivity contribution in [2.45, 2.75) is 19.3 Å². The largest absolute Gasteiger partial charge is 0.454 e. The molecule has 0 radical (unpaired) electrons. The molecule has 0 aliphatic carbocycles. The molecule has 20 heavy (non-hydrogen) atoms. The van der Waals surface area contributed by atoms with E-state index in [-0.39, 0.29) is 0 Å². The molecule has 0 amide bonds. The highest BCUT2D eigenvalue weighted by molar-refractivity contribution is 5.45. The number of ether oxygens (including phenoxy) is 2. The lowest BCUT2D eigenvalue weighted by atomic mass is 9.91. The molecule has 0 aromatic heterocycles. The van der Waals surface area contributed by atoms with E-state index in [0.29, 0.717) is 19.3 Å². The number of benzene rings is 2. The first-order valence-corrected chi connectivity index (χ1v) is 6.91. The zero-order valence-corrected chi connectivity index (χ0v) is 11.6. The number of rotatable bonds is 4. The monoisotopic (exact) mass is 269 g/mol. The molecule has 1 aliphatic rings. The Balaban J connectivity index is 1.83. The molecule has 2 aromatic carbocycles. The summed E-state index contributed by atoms with van der Waals surface area (Å²) in [5.74, 6) is 1.94. The third kappa shape index (κ3) is 2.63. The zero-order chi connectivity index (χ0) is 13.9. The highest BCUT2D eigenvalue weighted by Crippen LogP contribution is 2.35. The van der Waals surface area contributed by atoms with E-state index in [1.807, 2.05) is 6.07 Å². The standard InChI is InChI=1S/C17H19NO2/c1-12-3-2-4-13(7-12)8-15(10-18)14-5-6-16-17(9-14)20-11-19-16/h2-7,9,15H,8,10-11,18H2,1H3. The molecule has 0 bridgehead atoms. The van der Waals surface area contributed by atoms with Crippen LogP contribution in [0.25, 0.3) is 0 Å². The normalized spacial score (nSPS) is 14.3. The first-order valence-electron chi connectivity index (χ1n) is 6.91. The van der Waals surface area contributed by atoms with Crippen molar-refractivity contribution in [2.75, 3.05) is 13.3 Å². The van der Waals surface area contributed by atoms with Gasteiger partial charge in [-0.1, -0.05) is 35.9 Å². The summed E-state index contributed by atoms with van der Waals surface area (Å²) in [4.78, 5) is 0. The molecule has 1 heterocycles. The van der Waals surface area contributed by atoms with Gasteiger partial charge in [-0.3, -0.25) is 0 Å². The topological polar surface area (TPSA) is 44.5 Å². The van der Waals surface area contributed by atoms with Gasteiger partial charge in [0, 0.05) is 5.92 Å². The van der Waals surface area contributed by atoms with Crippen molar-refractivity contribution in [3.63, 3.8) is 0 Å².